The molecule has 90 valence electrons. The number of rotatable bonds is 6. The summed E-state index contributed by atoms with van der Waals surface area (Å²) < 4.78 is 0. The Morgan fingerprint density at radius 1 is 1.31 bits per heavy atom. The summed E-state index contributed by atoms with van der Waals surface area (Å²) in [5, 5.41) is 3.38. The Hall–Kier alpha value is -0.890. The molecule has 0 fully saturated rings. The van der Waals surface area contributed by atoms with Crippen molar-refractivity contribution in [2.75, 3.05) is 7.05 Å². The fourth-order valence-corrected chi connectivity index (χ4v) is 2.09. The molecule has 0 saturated carbocycles. The standard InChI is InChI=1S/C14H24N2/c1-5-12(6-2)10-13(15-4)14-9-11(3)7-8-16-14/h7-9,12-13,15H,5-6,10H2,1-4H3. The van der Waals surface area contributed by atoms with E-state index in [2.05, 4.69) is 37.1 Å². The monoisotopic (exact) mass is 220 g/mol. The zero-order valence-electron chi connectivity index (χ0n) is 11.0. The molecule has 2 nitrogen and oxygen atoms in total. The van der Waals surface area contributed by atoms with Crippen molar-refractivity contribution < 1.29 is 0 Å². The predicted molar refractivity (Wildman–Crippen MR) is 69.5 cm³/mol. The highest BCUT2D eigenvalue weighted by Gasteiger charge is 2.15. The van der Waals surface area contributed by atoms with E-state index >= 15 is 0 Å². The van der Waals surface area contributed by atoms with Gasteiger partial charge in [-0.15, -0.1) is 0 Å². The summed E-state index contributed by atoms with van der Waals surface area (Å²) in [6.45, 7) is 6.66. The van der Waals surface area contributed by atoms with Gasteiger partial charge in [-0.25, -0.2) is 0 Å². The van der Waals surface area contributed by atoms with E-state index in [-0.39, 0.29) is 0 Å². The van der Waals surface area contributed by atoms with Crippen LogP contribution in [0.4, 0.5) is 0 Å². The van der Waals surface area contributed by atoms with E-state index in [1.54, 1.807) is 0 Å². The molecule has 1 rings (SSSR count). The molecule has 0 bridgehead atoms. The van der Waals surface area contributed by atoms with Crippen molar-refractivity contribution in [2.24, 2.45) is 5.92 Å². The highest BCUT2D eigenvalue weighted by molar-refractivity contribution is 5.17. The first-order valence-corrected chi connectivity index (χ1v) is 6.31. The van der Waals surface area contributed by atoms with E-state index in [0.717, 1.165) is 5.92 Å². The largest absolute Gasteiger partial charge is 0.312 e. The number of hydrogen-bond acceptors (Lipinski definition) is 2. The normalized spacial score (nSPS) is 13.1. The lowest BCUT2D eigenvalue weighted by Gasteiger charge is -2.21. The predicted octanol–water partition coefficient (Wildman–Crippen LogP) is 3.48. The van der Waals surface area contributed by atoms with Crippen molar-refractivity contribution in [2.45, 2.75) is 46.1 Å². The molecule has 1 atom stereocenters. The molecule has 16 heavy (non-hydrogen) atoms. The molecule has 0 aromatic carbocycles. The first kappa shape index (κ1) is 13.2. The van der Waals surface area contributed by atoms with E-state index in [4.69, 9.17) is 0 Å². The van der Waals surface area contributed by atoms with Gasteiger partial charge in [0, 0.05) is 12.2 Å². The third-order valence-electron chi connectivity index (χ3n) is 3.37. The molecule has 0 spiro atoms. The molecule has 1 aromatic heterocycles. The lowest BCUT2D eigenvalue weighted by atomic mass is 9.93. The Morgan fingerprint density at radius 3 is 2.50 bits per heavy atom. The van der Waals surface area contributed by atoms with E-state index in [9.17, 15) is 0 Å². The topological polar surface area (TPSA) is 24.9 Å². The lowest BCUT2D eigenvalue weighted by molar-refractivity contribution is 0.381. The van der Waals surface area contributed by atoms with Crippen LogP contribution in [0.1, 0.15) is 50.4 Å². The van der Waals surface area contributed by atoms with Crippen molar-refractivity contribution >= 4 is 0 Å². The third kappa shape index (κ3) is 3.60. The molecule has 0 aliphatic rings. The minimum absolute atomic E-state index is 0.393. The quantitative estimate of drug-likeness (QED) is 0.794. The molecular formula is C14H24N2. The summed E-state index contributed by atoms with van der Waals surface area (Å²) in [6.07, 6.45) is 5.59. The van der Waals surface area contributed by atoms with Gasteiger partial charge in [-0.3, -0.25) is 4.98 Å². The zero-order valence-corrected chi connectivity index (χ0v) is 11.0. The summed E-state index contributed by atoms with van der Waals surface area (Å²) in [5.41, 5.74) is 2.46. The number of nitrogens with one attached hydrogen (secondary N) is 1. The van der Waals surface area contributed by atoms with Crippen LogP contribution in [0.3, 0.4) is 0 Å². The summed E-state index contributed by atoms with van der Waals surface area (Å²) in [4.78, 5) is 4.47. The van der Waals surface area contributed by atoms with Crippen LogP contribution < -0.4 is 5.32 Å². The van der Waals surface area contributed by atoms with Crippen LogP contribution in [0, 0.1) is 12.8 Å². The summed E-state index contributed by atoms with van der Waals surface area (Å²) >= 11 is 0. The Balaban J connectivity index is 2.74. The van der Waals surface area contributed by atoms with E-state index < -0.39 is 0 Å². The number of aryl methyl sites for hydroxylation is 1. The second kappa shape index (κ2) is 6.64. The minimum atomic E-state index is 0.393. The summed E-state index contributed by atoms with van der Waals surface area (Å²) in [7, 11) is 2.02. The molecule has 1 N–H and O–H groups in total. The smallest absolute Gasteiger partial charge is 0.0575 e. The highest BCUT2D eigenvalue weighted by atomic mass is 14.9. The second-order valence-corrected chi connectivity index (χ2v) is 4.52. The van der Waals surface area contributed by atoms with Crippen LogP contribution in [-0.2, 0) is 0 Å². The SMILES string of the molecule is CCC(CC)CC(NC)c1cc(C)ccn1. The lowest BCUT2D eigenvalue weighted by Crippen LogP contribution is -2.20. The van der Waals surface area contributed by atoms with E-state index in [1.807, 2.05) is 19.3 Å². The third-order valence-corrected chi connectivity index (χ3v) is 3.37. The minimum Gasteiger partial charge on any atom is -0.312 e. The number of aromatic nitrogens is 1. The Labute approximate surface area is 99.5 Å². The fraction of sp³-hybridized carbons (Fsp3) is 0.643. The van der Waals surface area contributed by atoms with Crippen molar-refractivity contribution in [1.29, 1.82) is 0 Å². The van der Waals surface area contributed by atoms with Gasteiger partial charge in [0.25, 0.3) is 0 Å². The average Bonchev–Trinajstić information content (AvgIpc) is 2.31. The molecule has 1 unspecified atom stereocenters. The maximum absolute atomic E-state index is 4.47. The van der Waals surface area contributed by atoms with Crippen molar-refractivity contribution in [1.82, 2.24) is 10.3 Å². The fourth-order valence-electron chi connectivity index (χ4n) is 2.09. The molecule has 1 heterocycles. The molecule has 0 amide bonds. The van der Waals surface area contributed by atoms with Gasteiger partial charge in [0.2, 0.25) is 0 Å². The molecule has 0 aliphatic heterocycles. The second-order valence-electron chi connectivity index (χ2n) is 4.52. The van der Waals surface area contributed by atoms with Gasteiger partial charge in [0.15, 0.2) is 0 Å². The Morgan fingerprint density at radius 2 is 2.00 bits per heavy atom. The van der Waals surface area contributed by atoms with Gasteiger partial charge in [-0.1, -0.05) is 26.7 Å². The van der Waals surface area contributed by atoms with Crippen LogP contribution >= 0.6 is 0 Å². The van der Waals surface area contributed by atoms with Crippen LogP contribution in [0.5, 0.6) is 0 Å². The van der Waals surface area contributed by atoms with Gasteiger partial charge in [-0.05, 0) is 44.0 Å². The maximum atomic E-state index is 4.47. The van der Waals surface area contributed by atoms with Crippen LogP contribution in [0.2, 0.25) is 0 Å². The molecule has 1 aromatic rings. The van der Waals surface area contributed by atoms with Gasteiger partial charge in [-0.2, -0.15) is 0 Å². The van der Waals surface area contributed by atoms with E-state index in [0.29, 0.717) is 6.04 Å². The Kier molecular flexibility index (Phi) is 5.47. The average molecular weight is 220 g/mol. The molecular weight excluding hydrogens is 196 g/mol. The number of hydrogen-bond donors (Lipinski definition) is 1. The Bertz CT molecular complexity index is 305. The van der Waals surface area contributed by atoms with Crippen molar-refractivity contribution in [3.05, 3.63) is 29.6 Å². The van der Waals surface area contributed by atoms with Crippen molar-refractivity contribution in [3.8, 4) is 0 Å². The molecule has 0 aliphatic carbocycles. The molecule has 2 heteroatoms. The van der Waals surface area contributed by atoms with Crippen molar-refractivity contribution in [3.63, 3.8) is 0 Å². The van der Waals surface area contributed by atoms with E-state index in [1.165, 1.54) is 30.5 Å². The first-order valence-electron chi connectivity index (χ1n) is 6.31. The molecule has 0 saturated heterocycles. The zero-order chi connectivity index (χ0) is 12.0. The highest BCUT2D eigenvalue weighted by Crippen LogP contribution is 2.24. The summed E-state index contributed by atoms with van der Waals surface area (Å²) in [5.74, 6) is 0.791. The van der Waals surface area contributed by atoms with Crippen LogP contribution in [-0.4, -0.2) is 12.0 Å². The maximum Gasteiger partial charge on any atom is 0.0575 e. The van der Waals surface area contributed by atoms with Gasteiger partial charge in [0.1, 0.15) is 0 Å². The number of nitrogens with zero attached hydrogens (tertiary/aromatic N) is 1. The van der Waals surface area contributed by atoms with Gasteiger partial charge >= 0.3 is 0 Å². The molecule has 0 radical (unpaired) electrons. The summed E-state index contributed by atoms with van der Waals surface area (Å²) in [6, 6.07) is 4.63. The number of pyridine rings is 1. The first-order chi connectivity index (χ1) is 7.71. The van der Waals surface area contributed by atoms with Crippen LogP contribution in [0.25, 0.3) is 0 Å². The van der Waals surface area contributed by atoms with Gasteiger partial charge < -0.3 is 5.32 Å². The van der Waals surface area contributed by atoms with Gasteiger partial charge in [0.05, 0.1) is 5.69 Å². The van der Waals surface area contributed by atoms with Crippen LogP contribution in [0.15, 0.2) is 18.3 Å².